The number of methoxy groups -OCH3 is 1. The van der Waals surface area contributed by atoms with Crippen molar-refractivity contribution in [1.82, 2.24) is 9.55 Å². The lowest BCUT2D eigenvalue weighted by atomic mass is 10.1. The van der Waals surface area contributed by atoms with Crippen molar-refractivity contribution >= 4 is 15.9 Å². The highest BCUT2D eigenvalue weighted by Crippen LogP contribution is 2.50. The first-order chi connectivity index (χ1) is 10.8. The molecule has 1 saturated heterocycles. The molecule has 0 spiro atoms. The Morgan fingerprint density at radius 3 is 2.83 bits per heavy atom. The van der Waals surface area contributed by atoms with Gasteiger partial charge < -0.3 is 19.7 Å². The van der Waals surface area contributed by atoms with Crippen molar-refractivity contribution in [1.29, 1.82) is 0 Å². The summed E-state index contributed by atoms with van der Waals surface area (Å²) in [6.45, 7) is 0.799. The minimum atomic E-state index is -2.21. The Bertz CT molecular complexity index is 773. The van der Waals surface area contributed by atoms with Gasteiger partial charge in [0.15, 0.2) is 0 Å². The number of rotatable bonds is 4. The van der Waals surface area contributed by atoms with Crippen molar-refractivity contribution in [3.8, 4) is 0 Å². The van der Waals surface area contributed by atoms with E-state index >= 15 is 0 Å². The summed E-state index contributed by atoms with van der Waals surface area (Å²) in [4.78, 5) is 28.4. The number of halogens is 1. The van der Waals surface area contributed by atoms with E-state index in [1.165, 1.54) is 14.0 Å². The van der Waals surface area contributed by atoms with Crippen LogP contribution in [0.1, 0.15) is 5.56 Å². The van der Waals surface area contributed by atoms with E-state index in [4.69, 9.17) is 15.0 Å². The molecule has 126 valence electrons. The third-order valence-corrected chi connectivity index (χ3v) is 4.91. The Hall–Kier alpha value is -1.69. The molecule has 2 heterocycles. The SMILES string of the molecule is COC1(Br)[C@H](O)[C@@H](CO)O[C@@]1(N=[N+]=[N-])n1cc(C)c(=O)[nH]c1=O. The first kappa shape index (κ1) is 17.7. The maximum Gasteiger partial charge on any atom is 0.330 e. The Morgan fingerprint density at radius 1 is 1.65 bits per heavy atom. The van der Waals surface area contributed by atoms with E-state index in [-0.39, 0.29) is 5.56 Å². The number of hydrogen-bond acceptors (Lipinski definition) is 7. The van der Waals surface area contributed by atoms with Crippen molar-refractivity contribution in [2.45, 2.75) is 29.5 Å². The van der Waals surface area contributed by atoms with Crippen LogP contribution in [0.4, 0.5) is 0 Å². The lowest BCUT2D eigenvalue weighted by Gasteiger charge is -2.37. The number of aromatic nitrogens is 2. The van der Waals surface area contributed by atoms with Gasteiger partial charge in [-0.15, -0.1) is 0 Å². The summed E-state index contributed by atoms with van der Waals surface area (Å²) >= 11 is 3.11. The van der Waals surface area contributed by atoms with Gasteiger partial charge in [0.05, 0.1) is 6.61 Å². The summed E-state index contributed by atoms with van der Waals surface area (Å²) in [7, 11) is 1.19. The van der Waals surface area contributed by atoms with Crippen LogP contribution in [0.25, 0.3) is 10.4 Å². The Labute approximate surface area is 137 Å². The molecule has 0 aliphatic carbocycles. The normalized spacial score (nSPS) is 33.4. The van der Waals surface area contributed by atoms with Crippen molar-refractivity contribution in [2.75, 3.05) is 13.7 Å². The van der Waals surface area contributed by atoms with Gasteiger partial charge in [0.1, 0.15) is 12.2 Å². The van der Waals surface area contributed by atoms with Crippen LogP contribution in [-0.4, -0.2) is 50.2 Å². The molecule has 2 rings (SSSR count). The van der Waals surface area contributed by atoms with Crippen molar-refractivity contribution < 1.29 is 19.7 Å². The quantitative estimate of drug-likeness (QED) is 0.264. The van der Waals surface area contributed by atoms with E-state index in [9.17, 15) is 19.8 Å². The molecule has 0 bridgehead atoms. The number of hydrogen-bond donors (Lipinski definition) is 3. The van der Waals surface area contributed by atoms with Gasteiger partial charge in [-0.1, -0.05) is 0 Å². The molecule has 0 radical (unpaired) electrons. The zero-order valence-corrected chi connectivity index (χ0v) is 13.7. The van der Waals surface area contributed by atoms with Crippen LogP contribution in [0.3, 0.4) is 0 Å². The third kappa shape index (κ3) is 2.40. The van der Waals surface area contributed by atoms with E-state index in [1.807, 2.05) is 4.98 Å². The standard InChI is InChI=1S/C11H14BrN5O6/c1-5-3-17(9(21)14-8(5)20)11(15-16-13)10(12,22-2)7(19)6(4-18)23-11/h3,6-7,18-19H,4H2,1-2H3,(H,14,20,21)/t6-,7-,10?,11+/m1/s1. The van der Waals surface area contributed by atoms with E-state index < -0.39 is 40.4 Å². The zero-order chi connectivity index (χ0) is 17.4. The van der Waals surface area contributed by atoms with Crippen LogP contribution >= 0.6 is 15.9 Å². The number of aliphatic hydroxyl groups is 2. The lowest BCUT2D eigenvalue weighted by molar-refractivity contribution is -0.164. The molecule has 1 aromatic heterocycles. The van der Waals surface area contributed by atoms with Gasteiger partial charge in [-0.25, -0.2) is 4.79 Å². The predicted molar refractivity (Wildman–Crippen MR) is 79.8 cm³/mol. The second-order valence-corrected chi connectivity index (χ2v) is 6.05. The van der Waals surface area contributed by atoms with E-state index in [0.717, 1.165) is 10.8 Å². The molecule has 11 nitrogen and oxygen atoms in total. The number of aryl methyl sites for hydroxylation is 1. The summed E-state index contributed by atoms with van der Waals surface area (Å²) in [5.41, 5.74) is 7.47. The second kappa shape index (κ2) is 6.07. The minimum Gasteiger partial charge on any atom is -0.394 e. The molecule has 23 heavy (non-hydrogen) atoms. The minimum absolute atomic E-state index is 0.133. The Kier molecular flexibility index (Phi) is 4.66. The average Bonchev–Trinajstić information content (AvgIpc) is 2.74. The van der Waals surface area contributed by atoms with Crippen LogP contribution < -0.4 is 11.2 Å². The Morgan fingerprint density at radius 2 is 2.30 bits per heavy atom. The largest absolute Gasteiger partial charge is 0.394 e. The molecule has 1 unspecified atom stereocenters. The fourth-order valence-electron chi connectivity index (χ4n) is 2.39. The monoisotopic (exact) mass is 391 g/mol. The fraction of sp³-hybridized carbons (Fsp3) is 0.636. The molecule has 0 saturated carbocycles. The van der Waals surface area contributed by atoms with Crippen LogP contribution in [0.5, 0.6) is 0 Å². The van der Waals surface area contributed by atoms with Gasteiger partial charge >= 0.3 is 5.69 Å². The summed E-state index contributed by atoms with van der Waals surface area (Å²) in [6.07, 6.45) is -1.58. The van der Waals surface area contributed by atoms with Gasteiger partial charge in [0, 0.05) is 23.8 Å². The van der Waals surface area contributed by atoms with Gasteiger partial charge in [-0.2, -0.15) is 0 Å². The lowest BCUT2D eigenvalue weighted by Crippen LogP contribution is -2.57. The summed E-state index contributed by atoms with van der Waals surface area (Å²) in [6, 6.07) is 0. The summed E-state index contributed by atoms with van der Waals surface area (Å²) < 4.78 is 9.58. The van der Waals surface area contributed by atoms with Gasteiger partial charge in [0.25, 0.3) is 11.4 Å². The fourth-order valence-corrected chi connectivity index (χ4v) is 3.05. The van der Waals surface area contributed by atoms with Crippen LogP contribution in [0, 0.1) is 6.92 Å². The second-order valence-electron chi connectivity index (χ2n) is 4.87. The van der Waals surface area contributed by atoms with Crippen LogP contribution in [-0.2, 0) is 15.3 Å². The molecular weight excluding hydrogens is 378 g/mol. The van der Waals surface area contributed by atoms with E-state index in [2.05, 4.69) is 26.0 Å². The van der Waals surface area contributed by atoms with Crippen LogP contribution in [0.15, 0.2) is 20.9 Å². The highest BCUT2D eigenvalue weighted by atomic mass is 79.9. The summed E-state index contributed by atoms with van der Waals surface area (Å²) in [5, 5.41) is 23.1. The highest BCUT2D eigenvalue weighted by molar-refractivity contribution is 9.10. The number of nitrogens with one attached hydrogen (secondary N) is 1. The van der Waals surface area contributed by atoms with Crippen LogP contribution in [0.2, 0.25) is 0 Å². The maximum absolute atomic E-state index is 12.2. The molecule has 1 aromatic rings. The molecule has 1 aliphatic rings. The molecule has 1 fully saturated rings. The van der Waals surface area contributed by atoms with Gasteiger partial charge in [-0.3, -0.25) is 14.3 Å². The molecule has 0 amide bonds. The van der Waals surface area contributed by atoms with E-state index in [1.54, 1.807) is 0 Å². The smallest absolute Gasteiger partial charge is 0.330 e. The highest BCUT2D eigenvalue weighted by Gasteiger charge is 2.67. The first-order valence-corrected chi connectivity index (χ1v) is 7.16. The van der Waals surface area contributed by atoms with Crippen molar-refractivity contribution in [3.63, 3.8) is 0 Å². The van der Waals surface area contributed by atoms with E-state index in [0.29, 0.717) is 0 Å². The predicted octanol–water partition coefficient (Wildman–Crippen LogP) is -0.745. The average molecular weight is 392 g/mol. The number of nitrogens with zero attached hydrogens (tertiary/aromatic N) is 4. The number of aromatic amines is 1. The molecule has 1 aliphatic heterocycles. The summed E-state index contributed by atoms with van der Waals surface area (Å²) in [5.74, 6) is -2.21. The van der Waals surface area contributed by atoms with Gasteiger partial charge in [0.2, 0.25) is 4.51 Å². The Balaban J connectivity index is 2.84. The first-order valence-electron chi connectivity index (χ1n) is 6.37. The molecule has 3 N–H and O–H groups in total. The van der Waals surface area contributed by atoms with Gasteiger partial charge in [-0.05, 0) is 33.5 Å². The number of alkyl halides is 1. The van der Waals surface area contributed by atoms with Crippen molar-refractivity contribution in [2.24, 2.45) is 5.11 Å². The number of azide groups is 1. The number of H-pyrrole nitrogens is 1. The molecule has 12 heteroatoms. The number of aliphatic hydroxyl groups excluding tert-OH is 2. The maximum atomic E-state index is 12.2. The zero-order valence-electron chi connectivity index (χ0n) is 12.1. The topological polar surface area (TPSA) is 163 Å². The molecular formula is C11H14BrN5O6. The van der Waals surface area contributed by atoms with Crippen molar-refractivity contribution in [3.05, 3.63) is 43.0 Å². The third-order valence-electron chi connectivity index (χ3n) is 3.60. The molecule has 0 aromatic carbocycles. The molecule has 4 atom stereocenters. The number of ether oxygens (including phenoxy) is 2.